The molecule has 2 amide bonds. The number of amides is 2. The van der Waals surface area contributed by atoms with Gasteiger partial charge in [-0.15, -0.1) is 0 Å². The van der Waals surface area contributed by atoms with Crippen molar-refractivity contribution < 1.29 is 9.59 Å². The van der Waals surface area contributed by atoms with E-state index in [0.717, 1.165) is 70.1 Å². The topological polar surface area (TPSA) is 114 Å². The molecule has 0 saturated carbocycles. The number of piperidine rings is 1. The van der Waals surface area contributed by atoms with Gasteiger partial charge in [-0.3, -0.25) is 14.6 Å². The number of nitrogens with zero attached hydrogens (tertiary/aromatic N) is 4. The number of benzene rings is 1. The number of fused-ring (bicyclic) bond motifs is 3. The Hall–Kier alpha value is -3.89. The van der Waals surface area contributed by atoms with E-state index in [0.29, 0.717) is 24.1 Å². The number of pyridine rings is 1. The van der Waals surface area contributed by atoms with E-state index in [1.807, 2.05) is 47.3 Å². The molecule has 1 saturated heterocycles. The summed E-state index contributed by atoms with van der Waals surface area (Å²) in [5.74, 6) is -0.0974. The van der Waals surface area contributed by atoms with Gasteiger partial charge in [-0.05, 0) is 68.5 Å². The maximum Gasteiger partial charge on any atom is 0.224 e. The van der Waals surface area contributed by atoms with Gasteiger partial charge >= 0.3 is 0 Å². The number of hydrogen-bond donors (Lipinski definition) is 3. The molecule has 1 unspecified atom stereocenters. The van der Waals surface area contributed by atoms with E-state index in [1.165, 1.54) is 37.5 Å². The van der Waals surface area contributed by atoms with Gasteiger partial charge in [0.2, 0.25) is 11.8 Å². The van der Waals surface area contributed by atoms with Crippen molar-refractivity contribution in [2.24, 2.45) is 0 Å². The van der Waals surface area contributed by atoms with E-state index >= 15 is 0 Å². The predicted molar refractivity (Wildman–Crippen MR) is 157 cm³/mol. The van der Waals surface area contributed by atoms with Crippen LogP contribution < -0.4 is 16.0 Å². The average molecular weight is 556 g/mol. The van der Waals surface area contributed by atoms with E-state index in [9.17, 15) is 9.59 Å². The van der Waals surface area contributed by atoms with Crippen molar-refractivity contribution in [3.05, 3.63) is 65.6 Å². The molecule has 206 valence electrons. The Morgan fingerprint density at radius 2 is 2.02 bits per heavy atom. The second-order valence-corrected chi connectivity index (χ2v) is 11.4. The van der Waals surface area contributed by atoms with E-state index < -0.39 is 0 Å². The molecule has 1 aliphatic heterocycles. The first-order valence-electron chi connectivity index (χ1n) is 13.9. The van der Waals surface area contributed by atoms with E-state index in [1.54, 1.807) is 6.20 Å². The number of aryl methyl sites for hydroxylation is 1. The largest absolute Gasteiger partial charge is 0.356 e. The van der Waals surface area contributed by atoms with Crippen molar-refractivity contribution in [1.82, 2.24) is 30.4 Å². The normalized spacial score (nSPS) is 16.2. The smallest absolute Gasteiger partial charge is 0.224 e. The molecule has 0 spiro atoms. The van der Waals surface area contributed by atoms with Gasteiger partial charge in [0, 0.05) is 43.0 Å². The van der Waals surface area contributed by atoms with Gasteiger partial charge < -0.3 is 16.0 Å². The molecular formula is C30H33N7O2S. The highest BCUT2D eigenvalue weighted by Crippen LogP contribution is 2.44. The summed E-state index contributed by atoms with van der Waals surface area (Å²) in [5.41, 5.74) is 6.84. The van der Waals surface area contributed by atoms with Crippen LogP contribution in [0.1, 0.15) is 49.4 Å². The van der Waals surface area contributed by atoms with E-state index in [-0.39, 0.29) is 11.8 Å². The monoisotopic (exact) mass is 555 g/mol. The summed E-state index contributed by atoms with van der Waals surface area (Å²) < 4.78 is 1.96. The van der Waals surface area contributed by atoms with Crippen LogP contribution in [0.25, 0.3) is 27.5 Å². The van der Waals surface area contributed by atoms with Gasteiger partial charge in [0.15, 0.2) is 5.13 Å². The number of carbonyl (C=O) groups is 2. The lowest BCUT2D eigenvalue weighted by molar-refractivity contribution is -0.120. The number of hydrogen-bond acceptors (Lipinski definition) is 7. The second kappa shape index (κ2) is 11.7. The molecule has 3 N–H and O–H groups in total. The molecule has 0 bridgehead atoms. The Morgan fingerprint density at radius 3 is 2.77 bits per heavy atom. The number of nitrogens with one attached hydrogen (secondary N) is 3. The Balaban J connectivity index is 1.24. The highest BCUT2D eigenvalue weighted by Gasteiger charge is 2.30. The van der Waals surface area contributed by atoms with Crippen molar-refractivity contribution >= 4 is 28.3 Å². The Bertz CT molecular complexity index is 1510. The minimum Gasteiger partial charge on any atom is -0.356 e. The Kier molecular flexibility index (Phi) is 7.70. The molecule has 10 heteroatoms. The molecule has 4 heterocycles. The zero-order chi connectivity index (χ0) is 27.5. The number of rotatable bonds is 8. The highest BCUT2D eigenvalue weighted by molar-refractivity contribution is 7.19. The fraction of sp³-hybridized carbons (Fsp3) is 0.367. The van der Waals surface area contributed by atoms with Gasteiger partial charge in [0.25, 0.3) is 0 Å². The Labute approximate surface area is 237 Å². The molecule has 0 radical (unpaired) electrons. The van der Waals surface area contributed by atoms with Crippen molar-refractivity contribution in [2.45, 2.75) is 57.9 Å². The maximum absolute atomic E-state index is 12.6. The number of thiazole rings is 1. The molecule has 9 nitrogen and oxygen atoms in total. The maximum atomic E-state index is 12.6. The van der Waals surface area contributed by atoms with Crippen LogP contribution in [0.4, 0.5) is 5.13 Å². The minimum atomic E-state index is -0.138. The summed E-state index contributed by atoms with van der Waals surface area (Å²) in [4.78, 5) is 34.3. The van der Waals surface area contributed by atoms with Crippen LogP contribution in [0.2, 0.25) is 0 Å². The van der Waals surface area contributed by atoms with Crippen molar-refractivity contribution in [3.8, 4) is 27.5 Å². The summed E-state index contributed by atoms with van der Waals surface area (Å²) in [7, 11) is 0. The molecule has 4 aromatic rings. The molecule has 1 aliphatic carbocycles. The van der Waals surface area contributed by atoms with Gasteiger partial charge in [0.1, 0.15) is 0 Å². The fourth-order valence-corrected chi connectivity index (χ4v) is 6.67. The van der Waals surface area contributed by atoms with Crippen LogP contribution in [0.15, 0.2) is 48.8 Å². The third kappa shape index (κ3) is 5.68. The zero-order valence-electron chi connectivity index (χ0n) is 22.6. The van der Waals surface area contributed by atoms with E-state index in [4.69, 9.17) is 10.1 Å². The lowest BCUT2D eigenvalue weighted by Gasteiger charge is -2.23. The summed E-state index contributed by atoms with van der Waals surface area (Å²) in [6.07, 6.45) is 10.2. The molecule has 3 aromatic heterocycles. The zero-order valence-corrected chi connectivity index (χ0v) is 23.4. The molecule has 1 aromatic carbocycles. The molecule has 1 atom stereocenters. The van der Waals surface area contributed by atoms with Crippen LogP contribution in [0.3, 0.4) is 0 Å². The number of anilines is 1. The molecule has 1 fully saturated rings. The van der Waals surface area contributed by atoms with Crippen LogP contribution in [0, 0.1) is 0 Å². The van der Waals surface area contributed by atoms with Crippen LogP contribution in [0.5, 0.6) is 0 Å². The average Bonchev–Trinajstić information content (AvgIpc) is 3.55. The van der Waals surface area contributed by atoms with Gasteiger partial charge in [-0.2, -0.15) is 5.10 Å². The quantitative estimate of drug-likeness (QED) is 0.299. The first kappa shape index (κ1) is 26.3. The first-order valence-corrected chi connectivity index (χ1v) is 14.8. The summed E-state index contributed by atoms with van der Waals surface area (Å²) in [6, 6.07) is 12.5. The lowest BCUT2D eigenvalue weighted by Crippen LogP contribution is -2.37. The minimum absolute atomic E-state index is 0.0405. The van der Waals surface area contributed by atoms with Crippen molar-refractivity contribution in [1.29, 1.82) is 0 Å². The summed E-state index contributed by atoms with van der Waals surface area (Å²) >= 11 is 1.48. The third-order valence-electron chi connectivity index (χ3n) is 7.50. The first-order chi connectivity index (χ1) is 19.5. The van der Waals surface area contributed by atoms with Gasteiger partial charge in [-0.25, -0.2) is 9.67 Å². The predicted octanol–water partition coefficient (Wildman–Crippen LogP) is 4.31. The molecule has 2 aliphatic rings. The molecule has 6 rings (SSSR count). The molecular weight excluding hydrogens is 522 g/mol. The second-order valence-electron chi connectivity index (χ2n) is 10.4. The SMILES string of the molecule is CC(=O)Nc1nc2c(s1)-c1c(c(-c3cccnc3)nn1-c1ccc(CC(=O)NCCC3CCCCN3)cc1)CC2. The van der Waals surface area contributed by atoms with Gasteiger partial charge in [-0.1, -0.05) is 29.9 Å². The third-order valence-corrected chi connectivity index (χ3v) is 8.52. The Morgan fingerprint density at radius 1 is 1.15 bits per heavy atom. The van der Waals surface area contributed by atoms with Crippen LogP contribution in [-0.2, 0) is 28.9 Å². The van der Waals surface area contributed by atoms with Gasteiger partial charge in [0.05, 0.1) is 34.1 Å². The van der Waals surface area contributed by atoms with Crippen LogP contribution >= 0.6 is 11.3 Å². The van der Waals surface area contributed by atoms with E-state index in [2.05, 4.69) is 20.9 Å². The van der Waals surface area contributed by atoms with Crippen molar-refractivity contribution in [2.75, 3.05) is 18.4 Å². The number of carbonyl (C=O) groups excluding carboxylic acids is 2. The number of aromatic nitrogens is 4. The summed E-state index contributed by atoms with van der Waals surface area (Å²) in [6.45, 7) is 3.27. The van der Waals surface area contributed by atoms with Crippen LogP contribution in [-0.4, -0.2) is 50.7 Å². The van der Waals surface area contributed by atoms with Crippen molar-refractivity contribution in [3.63, 3.8) is 0 Å². The standard InChI is InChI=1S/C30H33N7O2S/c1-19(38)34-30-35-25-12-11-24-27(21-5-4-14-31-18-21)36-37(28(24)29(25)40-30)23-9-7-20(8-10-23)17-26(39)33-16-13-22-6-2-3-15-32-22/h4-5,7-10,14,18,22,32H,2-3,6,11-13,15-17H2,1H3,(H,33,39)(H,34,35,38). The summed E-state index contributed by atoms with van der Waals surface area (Å²) in [5, 5.41) is 15.1. The fourth-order valence-electron chi connectivity index (χ4n) is 5.55. The highest BCUT2D eigenvalue weighted by atomic mass is 32.1. The molecule has 40 heavy (non-hydrogen) atoms. The lowest BCUT2D eigenvalue weighted by atomic mass is 9.95.